The van der Waals surface area contributed by atoms with Crippen molar-refractivity contribution >= 4 is 11.6 Å². The van der Waals surface area contributed by atoms with Gasteiger partial charge in [-0.15, -0.1) is 0 Å². The Morgan fingerprint density at radius 3 is 2.68 bits per heavy atom. The van der Waals surface area contributed by atoms with Gasteiger partial charge in [0.2, 0.25) is 0 Å². The average Bonchev–Trinajstić information content (AvgIpc) is 3.06. The van der Waals surface area contributed by atoms with Gasteiger partial charge in [0.15, 0.2) is 0 Å². The maximum atomic E-state index is 12.6. The first kappa shape index (κ1) is 15.6. The van der Waals surface area contributed by atoms with Crippen LogP contribution in [0.2, 0.25) is 0 Å². The van der Waals surface area contributed by atoms with Crippen LogP contribution in [0.1, 0.15) is 34.6 Å². The molecule has 0 bridgehead atoms. The van der Waals surface area contributed by atoms with Crippen molar-refractivity contribution in [2.75, 3.05) is 5.32 Å². The van der Waals surface area contributed by atoms with Gasteiger partial charge in [0, 0.05) is 30.3 Å². The smallest absolute Gasteiger partial charge is 0.255 e. The topological polar surface area (TPSA) is 46.9 Å². The van der Waals surface area contributed by atoms with Crippen molar-refractivity contribution in [1.29, 1.82) is 0 Å². The number of carbonyl (C=O) groups excluding carboxylic acids is 1. The number of benzene rings is 2. The molecule has 1 aliphatic rings. The van der Waals surface area contributed by atoms with E-state index in [-0.39, 0.29) is 5.91 Å². The number of amides is 1. The van der Waals surface area contributed by atoms with Crippen LogP contribution in [0.15, 0.2) is 54.7 Å². The Morgan fingerprint density at radius 1 is 1.08 bits per heavy atom. The van der Waals surface area contributed by atoms with E-state index >= 15 is 0 Å². The van der Waals surface area contributed by atoms with E-state index in [9.17, 15) is 4.79 Å². The zero-order chi connectivity index (χ0) is 17.2. The molecular weight excluding hydrogens is 310 g/mol. The molecule has 126 valence electrons. The third kappa shape index (κ3) is 3.20. The number of hydrogen-bond acceptors (Lipinski definition) is 2. The first-order chi connectivity index (χ1) is 12.2. The molecule has 0 radical (unpaired) electrons. The van der Waals surface area contributed by atoms with Gasteiger partial charge in [0.05, 0.1) is 11.4 Å². The second-order valence-corrected chi connectivity index (χ2v) is 6.56. The zero-order valence-corrected chi connectivity index (χ0v) is 14.3. The lowest BCUT2D eigenvalue weighted by atomic mass is 10.1. The number of para-hydroxylation sites is 1. The van der Waals surface area contributed by atoms with E-state index in [1.807, 2.05) is 55.5 Å². The maximum absolute atomic E-state index is 12.6. The summed E-state index contributed by atoms with van der Waals surface area (Å²) in [6, 6.07) is 15.5. The molecule has 2 aromatic carbocycles. The van der Waals surface area contributed by atoms with Gasteiger partial charge in [0.1, 0.15) is 5.82 Å². The van der Waals surface area contributed by atoms with Crippen molar-refractivity contribution < 1.29 is 4.79 Å². The molecule has 0 spiro atoms. The molecule has 0 aliphatic carbocycles. The molecule has 1 N–H and O–H groups in total. The van der Waals surface area contributed by atoms with E-state index < -0.39 is 0 Å². The summed E-state index contributed by atoms with van der Waals surface area (Å²) < 4.78 is 2.23. The monoisotopic (exact) mass is 331 g/mol. The third-order valence-electron chi connectivity index (χ3n) is 4.67. The minimum atomic E-state index is -0.101. The first-order valence-corrected chi connectivity index (χ1v) is 8.74. The lowest BCUT2D eigenvalue weighted by Gasteiger charge is -2.11. The second-order valence-electron chi connectivity index (χ2n) is 6.56. The number of imidazole rings is 1. The number of fused-ring (bicyclic) bond motifs is 1. The van der Waals surface area contributed by atoms with E-state index in [0.29, 0.717) is 5.56 Å². The molecule has 4 heteroatoms. The normalized spacial score (nSPS) is 13.3. The SMILES string of the molecule is Cc1ccc(C(=O)Nc2ccccc2-c2cn3c(n2)CCCC3)cc1. The number of nitrogens with one attached hydrogen (secondary N) is 1. The minimum Gasteiger partial charge on any atom is -0.334 e. The van der Waals surface area contributed by atoms with E-state index in [0.717, 1.165) is 41.3 Å². The van der Waals surface area contributed by atoms with Gasteiger partial charge in [0.25, 0.3) is 5.91 Å². The molecule has 3 aromatic rings. The zero-order valence-electron chi connectivity index (χ0n) is 14.3. The fourth-order valence-electron chi connectivity index (χ4n) is 3.26. The van der Waals surface area contributed by atoms with Crippen LogP contribution in [0.25, 0.3) is 11.3 Å². The molecular formula is C21H21N3O. The lowest BCUT2D eigenvalue weighted by molar-refractivity contribution is 0.102. The number of hydrogen-bond donors (Lipinski definition) is 1. The van der Waals surface area contributed by atoms with Crippen LogP contribution in [0.4, 0.5) is 5.69 Å². The van der Waals surface area contributed by atoms with Gasteiger partial charge >= 0.3 is 0 Å². The molecule has 0 unspecified atom stereocenters. The lowest BCUT2D eigenvalue weighted by Crippen LogP contribution is -2.12. The van der Waals surface area contributed by atoms with Gasteiger partial charge in [-0.2, -0.15) is 0 Å². The van der Waals surface area contributed by atoms with Gasteiger partial charge in [-0.25, -0.2) is 4.98 Å². The van der Waals surface area contributed by atoms with Crippen molar-refractivity contribution in [2.24, 2.45) is 0 Å². The van der Waals surface area contributed by atoms with Crippen LogP contribution in [0, 0.1) is 6.92 Å². The number of nitrogens with zero attached hydrogens (tertiary/aromatic N) is 2. The summed E-state index contributed by atoms with van der Waals surface area (Å²) >= 11 is 0. The maximum Gasteiger partial charge on any atom is 0.255 e. The highest BCUT2D eigenvalue weighted by molar-refractivity contribution is 6.06. The molecule has 0 fully saturated rings. The number of carbonyl (C=O) groups is 1. The Morgan fingerprint density at radius 2 is 1.88 bits per heavy atom. The van der Waals surface area contributed by atoms with Crippen molar-refractivity contribution in [2.45, 2.75) is 32.7 Å². The van der Waals surface area contributed by atoms with Gasteiger partial charge in [-0.3, -0.25) is 4.79 Å². The van der Waals surface area contributed by atoms with Crippen LogP contribution < -0.4 is 5.32 Å². The molecule has 25 heavy (non-hydrogen) atoms. The molecule has 4 rings (SSSR count). The summed E-state index contributed by atoms with van der Waals surface area (Å²) in [4.78, 5) is 17.4. The molecule has 0 atom stereocenters. The Bertz CT molecular complexity index is 886. The number of aryl methyl sites for hydroxylation is 3. The molecule has 0 saturated carbocycles. The predicted molar refractivity (Wildman–Crippen MR) is 99.7 cm³/mol. The predicted octanol–water partition coefficient (Wildman–Crippen LogP) is 4.45. The van der Waals surface area contributed by atoms with Gasteiger partial charge < -0.3 is 9.88 Å². The highest BCUT2D eigenvalue weighted by Gasteiger charge is 2.16. The highest BCUT2D eigenvalue weighted by atomic mass is 16.1. The molecule has 0 saturated heterocycles. The van der Waals surface area contributed by atoms with E-state index in [1.165, 1.54) is 12.8 Å². The Hall–Kier alpha value is -2.88. The van der Waals surface area contributed by atoms with Crippen molar-refractivity contribution in [1.82, 2.24) is 9.55 Å². The van der Waals surface area contributed by atoms with E-state index in [1.54, 1.807) is 0 Å². The third-order valence-corrected chi connectivity index (χ3v) is 4.67. The standard InChI is InChI=1S/C21H21N3O/c1-15-9-11-16(12-10-15)21(25)23-18-7-3-2-6-17(18)19-14-24-13-5-4-8-20(24)22-19/h2-3,6-7,9-12,14H,4-5,8,13H2,1H3,(H,23,25). The number of anilines is 1. The van der Waals surface area contributed by atoms with E-state index in [4.69, 9.17) is 4.98 Å². The fraction of sp³-hybridized carbons (Fsp3) is 0.238. The largest absolute Gasteiger partial charge is 0.334 e. The van der Waals surface area contributed by atoms with Crippen LogP contribution in [0.3, 0.4) is 0 Å². The molecule has 1 aromatic heterocycles. The van der Waals surface area contributed by atoms with Crippen LogP contribution in [0.5, 0.6) is 0 Å². The van der Waals surface area contributed by atoms with E-state index in [2.05, 4.69) is 16.1 Å². The van der Waals surface area contributed by atoms with Gasteiger partial charge in [-0.1, -0.05) is 35.9 Å². The summed E-state index contributed by atoms with van der Waals surface area (Å²) in [6.07, 6.45) is 5.53. The van der Waals surface area contributed by atoms with Crippen molar-refractivity contribution in [3.05, 3.63) is 71.7 Å². The molecule has 2 heterocycles. The minimum absolute atomic E-state index is 0.101. The Balaban J connectivity index is 1.64. The quantitative estimate of drug-likeness (QED) is 0.771. The number of rotatable bonds is 3. The van der Waals surface area contributed by atoms with Crippen LogP contribution >= 0.6 is 0 Å². The molecule has 1 amide bonds. The summed E-state index contributed by atoms with van der Waals surface area (Å²) in [7, 11) is 0. The Kier molecular flexibility index (Phi) is 4.10. The number of aromatic nitrogens is 2. The summed E-state index contributed by atoms with van der Waals surface area (Å²) in [5.41, 5.74) is 4.48. The summed E-state index contributed by atoms with van der Waals surface area (Å²) in [6.45, 7) is 3.04. The second kappa shape index (κ2) is 6.55. The van der Waals surface area contributed by atoms with Gasteiger partial charge in [-0.05, 0) is 38.0 Å². The van der Waals surface area contributed by atoms with Crippen LogP contribution in [-0.2, 0) is 13.0 Å². The molecule has 1 aliphatic heterocycles. The highest BCUT2D eigenvalue weighted by Crippen LogP contribution is 2.29. The molecule has 4 nitrogen and oxygen atoms in total. The van der Waals surface area contributed by atoms with Crippen LogP contribution in [-0.4, -0.2) is 15.5 Å². The average molecular weight is 331 g/mol. The summed E-state index contributed by atoms with van der Waals surface area (Å²) in [5.74, 6) is 1.04. The Labute approximate surface area is 147 Å². The van der Waals surface area contributed by atoms with Crippen molar-refractivity contribution in [3.8, 4) is 11.3 Å². The van der Waals surface area contributed by atoms with Crippen molar-refractivity contribution in [3.63, 3.8) is 0 Å². The fourth-order valence-corrected chi connectivity index (χ4v) is 3.26. The summed E-state index contributed by atoms with van der Waals surface area (Å²) in [5, 5.41) is 3.04. The first-order valence-electron chi connectivity index (χ1n) is 8.74.